The number of H-pyrrole nitrogens is 1. The molecule has 0 bridgehead atoms. The quantitative estimate of drug-likeness (QED) is 0.780. The minimum absolute atomic E-state index is 0.277. The summed E-state index contributed by atoms with van der Waals surface area (Å²) in [4.78, 5) is 14.0. The van der Waals surface area contributed by atoms with Crippen molar-refractivity contribution in [2.24, 2.45) is 0 Å². The van der Waals surface area contributed by atoms with Gasteiger partial charge in [-0.05, 0) is 42.3 Å². The van der Waals surface area contributed by atoms with E-state index in [1.807, 2.05) is 24.3 Å². The van der Waals surface area contributed by atoms with E-state index in [1.54, 1.807) is 12.3 Å². The predicted molar refractivity (Wildman–Crippen MR) is 73.6 cm³/mol. The Balaban J connectivity index is 2.13. The number of aromatic carboxylic acids is 1. The van der Waals surface area contributed by atoms with Crippen LogP contribution in [0.4, 0.5) is 0 Å². The fourth-order valence-electron chi connectivity index (χ4n) is 1.84. The van der Waals surface area contributed by atoms with Crippen LogP contribution in [0, 0.1) is 0 Å². The van der Waals surface area contributed by atoms with Crippen molar-refractivity contribution >= 4 is 5.97 Å². The highest BCUT2D eigenvalue weighted by Gasteiger charge is 2.12. The number of aromatic nitrogens is 1. The molecule has 1 aromatic heterocycles. The number of carboxylic acids is 1. The lowest BCUT2D eigenvalue weighted by Gasteiger charge is -2.06. The van der Waals surface area contributed by atoms with Crippen LogP contribution in [0.3, 0.4) is 0 Å². The molecule has 2 N–H and O–H groups in total. The van der Waals surface area contributed by atoms with E-state index in [2.05, 4.69) is 11.9 Å². The molecule has 19 heavy (non-hydrogen) atoms. The molecule has 4 nitrogen and oxygen atoms in total. The lowest BCUT2D eigenvalue weighted by molar-refractivity contribution is 0.0698. The molecule has 0 radical (unpaired) electrons. The van der Waals surface area contributed by atoms with E-state index >= 15 is 0 Å². The highest BCUT2D eigenvalue weighted by atomic mass is 16.5. The van der Waals surface area contributed by atoms with Crippen molar-refractivity contribution in [1.29, 1.82) is 0 Å². The molecule has 0 aliphatic heterocycles. The monoisotopic (exact) mass is 259 g/mol. The van der Waals surface area contributed by atoms with E-state index in [0.29, 0.717) is 12.3 Å². The minimum Gasteiger partial charge on any atom is -0.494 e. The van der Waals surface area contributed by atoms with Gasteiger partial charge in [0.15, 0.2) is 0 Å². The summed E-state index contributed by atoms with van der Waals surface area (Å²) in [5.74, 6) is -0.125. The second-order valence-electron chi connectivity index (χ2n) is 4.30. The molecule has 100 valence electrons. The summed E-state index contributed by atoms with van der Waals surface area (Å²) < 4.78 is 5.57. The SMILES string of the molecule is CCCCOc1ccc(-c2[nH]ccc2C(=O)O)cc1. The van der Waals surface area contributed by atoms with Crippen LogP contribution in [-0.2, 0) is 0 Å². The van der Waals surface area contributed by atoms with Crippen molar-refractivity contribution in [2.75, 3.05) is 6.61 Å². The van der Waals surface area contributed by atoms with Crippen LogP contribution < -0.4 is 4.74 Å². The zero-order valence-electron chi connectivity index (χ0n) is 10.8. The number of ether oxygens (including phenoxy) is 1. The van der Waals surface area contributed by atoms with Gasteiger partial charge in [0.2, 0.25) is 0 Å². The van der Waals surface area contributed by atoms with Gasteiger partial charge in [-0.25, -0.2) is 4.79 Å². The molecule has 0 aliphatic rings. The van der Waals surface area contributed by atoms with Gasteiger partial charge in [-0.15, -0.1) is 0 Å². The number of carbonyl (C=O) groups is 1. The smallest absolute Gasteiger partial charge is 0.337 e. The molecule has 0 unspecified atom stereocenters. The molecule has 0 spiro atoms. The minimum atomic E-state index is -0.931. The summed E-state index contributed by atoms with van der Waals surface area (Å²) >= 11 is 0. The number of aromatic amines is 1. The van der Waals surface area contributed by atoms with Crippen LogP contribution in [0.2, 0.25) is 0 Å². The Morgan fingerprint density at radius 2 is 2.00 bits per heavy atom. The number of hydrogen-bond acceptors (Lipinski definition) is 2. The zero-order chi connectivity index (χ0) is 13.7. The van der Waals surface area contributed by atoms with Crippen molar-refractivity contribution < 1.29 is 14.6 Å². The highest BCUT2D eigenvalue weighted by molar-refractivity contribution is 5.95. The lowest BCUT2D eigenvalue weighted by Crippen LogP contribution is -1.98. The van der Waals surface area contributed by atoms with E-state index < -0.39 is 5.97 Å². The van der Waals surface area contributed by atoms with Gasteiger partial charge in [0.1, 0.15) is 5.75 Å². The molecule has 0 amide bonds. The molecule has 0 saturated carbocycles. The maximum absolute atomic E-state index is 11.1. The molecule has 1 heterocycles. The Morgan fingerprint density at radius 1 is 1.26 bits per heavy atom. The lowest BCUT2D eigenvalue weighted by atomic mass is 10.1. The standard InChI is InChI=1S/C15H17NO3/c1-2-3-10-19-12-6-4-11(5-7-12)14-13(15(17)18)8-9-16-14/h4-9,16H,2-3,10H2,1H3,(H,17,18). The first-order chi connectivity index (χ1) is 9.22. The highest BCUT2D eigenvalue weighted by Crippen LogP contribution is 2.24. The van der Waals surface area contributed by atoms with E-state index in [9.17, 15) is 4.79 Å². The summed E-state index contributed by atoms with van der Waals surface area (Å²) in [6.45, 7) is 2.82. The van der Waals surface area contributed by atoms with Crippen molar-refractivity contribution in [3.8, 4) is 17.0 Å². The fraction of sp³-hybridized carbons (Fsp3) is 0.267. The van der Waals surface area contributed by atoms with E-state index in [-0.39, 0.29) is 5.56 Å². The van der Waals surface area contributed by atoms with Crippen LogP contribution in [0.25, 0.3) is 11.3 Å². The molecule has 0 aliphatic carbocycles. The Bertz CT molecular complexity index is 543. The molecule has 4 heteroatoms. The number of nitrogens with one attached hydrogen (secondary N) is 1. The van der Waals surface area contributed by atoms with Crippen molar-refractivity contribution in [3.05, 3.63) is 42.1 Å². The average Bonchev–Trinajstić information content (AvgIpc) is 2.89. The molecule has 0 saturated heterocycles. The third-order valence-electron chi connectivity index (χ3n) is 2.89. The summed E-state index contributed by atoms with van der Waals surface area (Å²) in [6.07, 6.45) is 3.76. The van der Waals surface area contributed by atoms with Gasteiger partial charge in [0.05, 0.1) is 17.9 Å². The first-order valence-corrected chi connectivity index (χ1v) is 6.36. The second-order valence-corrected chi connectivity index (χ2v) is 4.30. The normalized spacial score (nSPS) is 10.4. The Morgan fingerprint density at radius 3 is 2.63 bits per heavy atom. The van der Waals surface area contributed by atoms with E-state index in [4.69, 9.17) is 9.84 Å². The molecule has 1 aromatic carbocycles. The number of carboxylic acid groups (broad SMARTS) is 1. The summed E-state index contributed by atoms with van der Waals surface area (Å²) in [5, 5.41) is 9.07. The third kappa shape index (κ3) is 3.16. The number of rotatable bonds is 6. The number of benzene rings is 1. The number of unbranched alkanes of at least 4 members (excludes halogenated alkanes) is 1. The molecule has 2 rings (SSSR count). The van der Waals surface area contributed by atoms with Crippen LogP contribution in [0.1, 0.15) is 30.1 Å². The van der Waals surface area contributed by atoms with Gasteiger partial charge in [-0.3, -0.25) is 0 Å². The van der Waals surface area contributed by atoms with Crippen LogP contribution >= 0.6 is 0 Å². The van der Waals surface area contributed by atoms with Gasteiger partial charge in [-0.2, -0.15) is 0 Å². The Hall–Kier alpha value is -2.23. The van der Waals surface area contributed by atoms with Crippen molar-refractivity contribution in [3.63, 3.8) is 0 Å². The fourth-order valence-corrected chi connectivity index (χ4v) is 1.84. The maximum atomic E-state index is 11.1. The summed E-state index contributed by atoms with van der Waals surface area (Å²) in [7, 11) is 0. The van der Waals surface area contributed by atoms with Crippen LogP contribution in [-0.4, -0.2) is 22.7 Å². The van der Waals surface area contributed by atoms with Gasteiger partial charge in [0, 0.05) is 6.20 Å². The van der Waals surface area contributed by atoms with Crippen LogP contribution in [0.15, 0.2) is 36.5 Å². The molecule has 2 aromatic rings. The average molecular weight is 259 g/mol. The van der Waals surface area contributed by atoms with E-state index in [1.165, 1.54) is 0 Å². The molecular formula is C15H17NO3. The summed E-state index contributed by atoms with van der Waals surface area (Å²) in [6, 6.07) is 9.00. The first-order valence-electron chi connectivity index (χ1n) is 6.36. The molecular weight excluding hydrogens is 242 g/mol. The van der Waals surface area contributed by atoms with Gasteiger partial charge >= 0.3 is 5.97 Å². The predicted octanol–water partition coefficient (Wildman–Crippen LogP) is 3.56. The molecule has 0 atom stereocenters. The summed E-state index contributed by atoms with van der Waals surface area (Å²) in [5.41, 5.74) is 1.73. The topological polar surface area (TPSA) is 62.3 Å². The Kier molecular flexibility index (Phi) is 4.23. The third-order valence-corrected chi connectivity index (χ3v) is 2.89. The van der Waals surface area contributed by atoms with Crippen molar-refractivity contribution in [1.82, 2.24) is 4.98 Å². The molecule has 0 fully saturated rings. The maximum Gasteiger partial charge on any atom is 0.337 e. The Labute approximate surface area is 112 Å². The van der Waals surface area contributed by atoms with Gasteiger partial charge in [0.25, 0.3) is 0 Å². The van der Waals surface area contributed by atoms with Gasteiger partial charge in [-0.1, -0.05) is 13.3 Å². The van der Waals surface area contributed by atoms with Crippen molar-refractivity contribution in [2.45, 2.75) is 19.8 Å². The second kappa shape index (κ2) is 6.09. The van der Waals surface area contributed by atoms with Gasteiger partial charge < -0.3 is 14.8 Å². The number of hydrogen-bond donors (Lipinski definition) is 2. The van der Waals surface area contributed by atoms with Crippen LogP contribution in [0.5, 0.6) is 5.75 Å². The van der Waals surface area contributed by atoms with E-state index in [0.717, 1.165) is 24.2 Å². The zero-order valence-corrected chi connectivity index (χ0v) is 10.8. The first kappa shape index (κ1) is 13.2. The largest absolute Gasteiger partial charge is 0.494 e.